The van der Waals surface area contributed by atoms with E-state index in [-0.39, 0.29) is 25.3 Å². The molecule has 0 aliphatic carbocycles. The molecule has 0 bridgehead atoms. The number of benzene rings is 1. The van der Waals surface area contributed by atoms with Crippen molar-refractivity contribution in [3.8, 4) is 0 Å². The summed E-state index contributed by atoms with van der Waals surface area (Å²) in [6.07, 6.45) is 2.27. The van der Waals surface area contributed by atoms with Gasteiger partial charge in [-0.1, -0.05) is 15.9 Å². The molecule has 26 heavy (non-hydrogen) atoms. The molecule has 10 heteroatoms. The van der Waals surface area contributed by atoms with Gasteiger partial charge in [0.25, 0.3) is 0 Å². The molecular weight excluding hydrogens is 426 g/mol. The van der Waals surface area contributed by atoms with E-state index in [1.165, 1.54) is 0 Å². The van der Waals surface area contributed by atoms with Gasteiger partial charge in [0, 0.05) is 34.5 Å². The Balaban J connectivity index is 1.72. The Morgan fingerprint density at radius 2 is 2.15 bits per heavy atom. The number of carboxylic acid groups (broad SMARTS) is 1. The fraction of sp³-hybridized carbons (Fsp3) is 0.375. The van der Waals surface area contributed by atoms with Gasteiger partial charge in [0.05, 0.1) is 12.3 Å². The number of halogens is 1. The Bertz CT molecular complexity index is 956. The lowest BCUT2D eigenvalue weighted by atomic mass is 10.0. The van der Waals surface area contributed by atoms with E-state index in [2.05, 4.69) is 26.2 Å². The van der Waals surface area contributed by atoms with Crippen molar-refractivity contribution < 1.29 is 23.1 Å². The van der Waals surface area contributed by atoms with Crippen LogP contribution < -0.4 is 5.32 Å². The molecule has 1 aliphatic rings. The predicted molar refractivity (Wildman–Crippen MR) is 99.2 cm³/mol. The number of aromatic amines is 1. The first-order valence-corrected chi connectivity index (χ1v) is 10.4. The van der Waals surface area contributed by atoms with E-state index in [1.807, 2.05) is 18.2 Å². The maximum Gasteiger partial charge on any atom is 0.326 e. The number of hydrogen-bond donors (Lipinski definition) is 3. The van der Waals surface area contributed by atoms with Crippen molar-refractivity contribution in [1.29, 1.82) is 0 Å². The molecule has 1 fully saturated rings. The van der Waals surface area contributed by atoms with Crippen LogP contribution in [0.25, 0.3) is 10.9 Å². The molecule has 1 aromatic carbocycles. The Morgan fingerprint density at radius 1 is 1.38 bits per heavy atom. The van der Waals surface area contributed by atoms with Crippen LogP contribution in [0.5, 0.6) is 0 Å². The Kier molecular flexibility index (Phi) is 5.35. The fourth-order valence-electron chi connectivity index (χ4n) is 3.01. The van der Waals surface area contributed by atoms with Gasteiger partial charge in [-0.15, -0.1) is 0 Å². The van der Waals surface area contributed by atoms with Crippen molar-refractivity contribution >= 4 is 48.7 Å². The summed E-state index contributed by atoms with van der Waals surface area (Å²) in [4.78, 5) is 26.8. The summed E-state index contributed by atoms with van der Waals surface area (Å²) in [6, 6.07) is 4.47. The summed E-state index contributed by atoms with van der Waals surface area (Å²) in [5.74, 6) is -1.77. The van der Waals surface area contributed by atoms with Gasteiger partial charge in [0.2, 0.25) is 15.9 Å². The summed E-state index contributed by atoms with van der Waals surface area (Å²) in [5, 5.41) is 12.7. The maximum absolute atomic E-state index is 12.2. The number of sulfonamides is 1. The second-order valence-corrected chi connectivity index (χ2v) is 9.17. The second kappa shape index (κ2) is 7.37. The van der Waals surface area contributed by atoms with Gasteiger partial charge in [-0.25, -0.2) is 13.2 Å². The van der Waals surface area contributed by atoms with Crippen LogP contribution in [-0.2, 0) is 26.0 Å². The molecule has 2 aromatic rings. The lowest BCUT2D eigenvalue weighted by molar-refractivity contribution is -0.141. The van der Waals surface area contributed by atoms with Gasteiger partial charge in [-0.3, -0.25) is 4.79 Å². The molecule has 8 nitrogen and oxygen atoms in total. The number of nitrogens with zero attached hydrogens (tertiary/aromatic N) is 1. The largest absolute Gasteiger partial charge is 0.480 e. The van der Waals surface area contributed by atoms with Crippen LogP contribution in [0.4, 0.5) is 0 Å². The minimum atomic E-state index is -3.41. The second-order valence-electron chi connectivity index (χ2n) is 6.17. The van der Waals surface area contributed by atoms with E-state index >= 15 is 0 Å². The van der Waals surface area contributed by atoms with Gasteiger partial charge >= 0.3 is 5.97 Å². The first-order chi connectivity index (χ1) is 12.3. The minimum absolute atomic E-state index is 0.0207. The van der Waals surface area contributed by atoms with Crippen LogP contribution in [0.15, 0.2) is 28.9 Å². The molecule has 0 radical (unpaired) electrons. The van der Waals surface area contributed by atoms with Crippen LogP contribution in [0.2, 0.25) is 0 Å². The summed E-state index contributed by atoms with van der Waals surface area (Å²) in [7, 11) is -3.41. The van der Waals surface area contributed by atoms with Gasteiger partial charge in [0.1, 0.15) is 6.04 Å². The number of carboxylic acids is 1. The van der Waals surface area contributed by atoms with E-state index in [4.69, 9.17) is 0 Å². The molecule has 0 saturated carbocycles. The van der Waals surface area contributed by atoms with Crippen molar-refractivity contribution in [3.63, 3.8) is 0 Å². The molecule has 3 rings (SSSR count). The fourth-order valence-corrected chi connectivity index (χ4v) is 4.84. The number of hydrogen-bond acceptors (Lipinski definition) is 4. The summed E-state index contributed by atoms with van der Waals surface area (Å²) >= 11 is 3.38. The highest BCUT2D eigenvalue weighted by atomic mass is 79.9. The smallest absolute Gasteiger partial charge is 0.326 e. The summed E-state index contributed by atoms with van der Waals surface area (Å²) < 4.78 is 25.5. The van der Waals surface area contributed by atoms with Crippen LogP contribution >= 0.6 is 15.9 Å². The number of aromatic nitrogens is 1. The standard InChI is InChI=1S/C16H18BrN3O5S/c17-11-2-3-13-12(7-11)10(8-18-13)6-14(16(22)23)19-15(21)9-20-4-1-5-26(20,24)25/h2-3,7-8,14,18H,1,4-6,9H2,(H,19,21)(H,22,23). The van der Waals surface area contributed by atoms with Crippen molar-refractivity contribution in [2.45, 2.75) is 18.9 Å². The third-order valence-electron chi connectivity index (χ3n) is 4.31. The van der Waals surface area contributed by atoms with Crippen LogP contribution in [0, 0.1) is 0 Å². The van der Waals surface area contributed by atoms with Crippen LogP contribution in [0.1, 0.15) is 12.0 Å². The zero-order chi connectivity index (χ0) is 18.9. The number of fused-ring (bicyclic) bond motifs is 1. The van der Waals surface area contributed by atoms with E-state index in [0.717, 1.165) is 25.2 Å². The number of carbonyl (C=O) groups is 2. The molecule has 1 unspecified atom stereocenters. The number of H-pyrrole nitrogens is 1. The molecular formula is C16H18BrN3O5S. The number of rotatable bonds is 6. The van der Waals surface area contributed by atoms with Crippen LogP contribution in [0.3, 0.4) is 0 Å². The Morgan fingerprint density at radius 3 is 2.81 bits per heavy atom. The average molecular weight is 444 g/mol. The zero-order valence-corrected chi connectivity index (χ0v) is 16.1. The minimum Gasteiger partial charge on any atom is -0.480 e. The first kappa shape index (κ1) is 18.9. The number of carbonyl (C=O) groups excluding carboxylic acids is 1. The Hall–Kier alpha value is -1.91. The highest BCUT2D eigenvalue weighted by Crippen LogP contribution is 2.23. The van der Waals surface area contributed by atoms with Crippen molar-refractivity contribution in [2.24, 2.45) is 0 Å². The predicted octanol–water partition coefficient (Wildman–Crippen LogP) is 1.08. The van der Waals surface area contributed by atoms with E-state index in [0.29, 0.717) is 6.42 Å². The monoisotopic (exact) mass is 443 g/mol. The molecule has 1 amide bonds. The highest BCUT2D eigenvalue weighted by molar-refractivity contribution is 9.10. The number of amides is 1. The van der Waals surface area contributed by atoms with Gasteiger partial charge in [0.15, 0.2) is 0 Å². The molecule has 1 aromatic heterocycles. The van der Waals surface area contributed by atoms with Crippen LogP contribution in [-0.4, -0.2) is 59.6 Å². The molecule has 1 saturated heterocycles. The molecule has 140 valence electrons. The number of nitrogens with one attached hydrogen (secondary N) is 2. The summed E-state index contributed by atoms with van der Waals surface area (Å²) in [5.41, 5.74) is 1.62. The molecule has 2 heterocycles. The lowest BCUT2D eigenvalue weighted by Crippen LogP contribution is -2.46. The van der Waals surface area contributed by atoms with Gasteiger partial charge < -0.3 is 15.4 Å². The van der Waals surface area contributed by atoms with E-state index in [9.17, 15) is 23.1 Å². The highest BCUT2D eigenvalue weighted by Gasteiger charge is 2.31. The molecule has 1 aliphatic heterocycles. The van der Waals surface area contributed by atoms with Crippen molar-refractivity contribution in [2.75, 3.05) is 18.8 Å². The molecule has 3 N–H and O–H groups in total. The first-order valence-electron chi connectivity index (χ1n) is 8.02. The zero-order valence-electron chi connectivity index (χ0n) is 13.7. The number of aliphatic carboxylic acids is 1. The van der Waals surface area contributed by atoms with E-state index in [1.54, 1.807) is 6.20 Å². The third kappa shape index (κ3) is 4.08. The van der Waals surface area contributed by atoms with Crippen molar-refractivity contribution in [1.82, 2.24) is 14.6 Å². The normalized spacial score (nSPS) is 18.0. The topological polar surface area (TPSA) is 120 Å². The maximum atomic E-state index is 12.2. The van der Waals surface area contributed by atoms with Gasteiger partial charge in [-0.2, -0.15) is 4.31 Å². The summed E-state index contributed by atoms with van der Waals surface area (Å²) in [6.45, 7) is -0.0739. The third-order valence-corrected chi connectivity index (χ3v) is 6.71. The quantitative estimate of drug-likeness (QED) is 0.616. The average Bonchev–Trinajstić information content (AvgIpc) is 3.10. The lowest BCUT2D eigenvalue weighted by Gasteiger charge is -2.17. The van der Waals surface area contributed by atoms with Gasteiger partial charge in [-0.05, 0) is 30.2 Å². The SMILES string of the molecule is O=C(CN1CCCS1(=O)=O)NC(Cc1c[nH]c2ccc(Br)cc12)C(=O)O. The van der Waals surface area contributed by atoms with Crippen molar-refractivity contribution in [3.05, 3.63) is 34.4 Å². The Labute approximate surface area is 158 Å². The molecule has 0 spiro atoms. The molecule has 1 atom stereocenters. The van der Waals surface area contributed by atoms with E-state index < -0.39 is 27.9 Å².